The molecule has 0 bridgehead atoms. The number of hydrogen-bond donors (Lipinski definition) is 0. The van der Waals surface area contributed by atoms with E-state index in [0.29, 0.717) is 11.8 Å². The number of aromatic nitrogens is 2. The molecule has 34 heavy (non-hydrogen) atoms. The van der Waals surface area contributed by atoms with E-state index in [9.17, 15) is 0 Å². The number of imidazole rings is 1. The van der Waals surface area contributed by atoms with Crippen molar-refractivity contribution >= 4 is 32.5 Å². The predicted molar refractivity (Wildman–Crippen MR) is 149 cm³/mol. The molecule has 0 saturated heterocycles. The lowest BCUT2D eigenvalue weighted by molar-refractivity contribution is 0.648. The van der Waals surface area contributed by atoms with Crippen LogP contribution in [0.15, 0.2) is 66.0 Å². The van der Waals surface area contributed by atoms with Crippen LogP contribution in [0.3, 0.4) is 0 Å². The van der Waals surface area contributed by atoms with Gasteiger partial charge in [-0.25, -0.2) is 4.98 Å². The van der Waals surface area contributed by atoms with Crippen molar-refractivity contribution in [2.75, 3.05) is 0 Å². The molecule has 0 aliphatic heterocycles. The molecule has 3 heteroatoms. The van der Waals surface area contributed by atoms with Gasteiger partial charge in [0, 0.05) is 23.8 Å². The fourth-order valence-corrected chi connectivity index (χ4v) is 5.80. The fraction of sp³-hybridized carbons (Fsp3) is 0.323. The molecular formula is C31H34N2S. The highest BCUT2D eigenvalue weighted by molar-refractivity contribution is 7.17. The topological polar surface area (TPSA) is 17.8 Å². The largest absolute Gasteiger partial charge is 0.292 e. The van der Waals surface area contributed by atoms with Crippen molar-refractivity contribution in [2.45, 2.75) is 59.8 Å². The van der Waals surface area contributed by atoms with Crippen molar-refractivity contribution in [1.82, 2.24) is 9.55 Å². The Morgan fingerprint density at radius 2 is 1.59 bits per heavy atom. The molecule has 0 amide bonds. The number of fused-ring (bicyclic) bond motifs is 2. The number of para-hydroxylation sites is 3. The zero-order chi connectivity index (χ0) is 25.8. The van der Waals surface area contributed by atoms with Crippen LogP contribution in [0.2, 0.25) is 0 Å². The van der Waals surface area contributed by atoms with Gasteiger partial charge in [0.1, 0.15) is 5.82 Å². The van der Waals surface area contributed by atoms with Crippen molar-refractivity contribution in [3.63, 3.8) is 0 Å². The second-order valence-corrected chi connectivity index (χ2v) is 10.9. The van der Waals surface area contributed by atoms with Crippen molar-refractivity contribution in [3.05, 3.63) is 82.7 Å². The molecule has 5 rings (SSSR count). The van der Waals surface area contributed by atoms with E-state index < -0.39 is 6.37 Å². The summed E-state index contributed by atoms with van der Waals surface area (Å²) >= 11 is 1.67. The Labute approximate surface area is 210 Å². The third-order valence-corrected chi connectivity index (χ3v) is 7.34. The Morgan fingerprint density at radius 1 is 0.882 bits per heavy atom. The van der Waals surface area contributed by atoms with Gasteiger partial charge in [0.15, 0.2) is 0 Å². The summed E-state index contributed by atoms with van der Waals surface area (Å²) in [6, 6.07) is 21.1. The zero-order valence-corrected chi connectivity index (χ0v) is 21.7. The quantitative estimate of drug-likeness (QED) is 0.243. The highest BCUT2D eigenvalue weighted by atomic mass is 32.1. The lowest BCUT2D eigenvalue weighted by Crippen LogP contribution is -2.08. The average Bonchev–Trinajstić information content (AvgIpc) is 3.43. The molecule has 0 N–H and O–H groups in total. The second-order valence-electron chi connectivity index (χ2n) is 10.0. The van der Waals surface area contributed by atoms with Crippen LogP contribution >= 0.6 is 11.3 Å². The molecular weight excluding hydrogens is 432 g/mol. The van der Waals surface area contributed by atoms with Gasteiger partial charge in [0.25, 0.3) is 0 Å². The van der Waals surface area contributed by atoms with E-state index in [2.05, 4.69) is 80.1 Å². The molecule has 0 fully saturated rings. The number of rotatable bonds is 6. The molecule has 3 aromatic carbocycles. The van der Waals surface area contributed by atoms with Gasteiger partial charge < -0.3 is 0 Å². The summed E-state index contributed by atoms with van der Waals surface area (Å²) in [6.45, 7) is 12.9. The summed E-state index contributed by atoms with van der Waals surface area (Å²) in [6.07, 6.45) is -1.37. The minimum Gasteiger partial charge on any atom is -0.292 e. The molecule has 2 nitrogen and oxygen atoms in total. The van der Waals surface area contributed by atoms with Gasteiger partial charge in [0.05, 0.1) is 16.7 Å². The smallest absolute Gasteiger partial charge is 0.147 e. The van der Waals surface area contributed by atoms with Gasteiger partial charge >= 0.3 is 0 Å². The van der Waals surface area contributed by atoms with E-state index in [-0.39, 0.29) is 5.92 Å². The van der Waals surface area contributed by atoms with E-state index in [0.717, 1.165) is 38.1 Å². The van der Waals surface area contributed by atoms with Gasteiger partial charge in [-0.05, 0) is 59.0 Å². The minimum atomic E-state index is -1.37. The van der Waals surface area contributed by atoms with Crippen molar-refractivity contribution in [2.24, 2.45) is 5.92 Å². The molecule has 174 valence electrons. The molecule has 2 aromatic heterocycles. The Balaban J connectivity index is 1.82. The summed E-state index contributed by atoms with van der Waals surface area (Å²) < 4.78 is 20.6. The first-order chi connectivity index (χ1) is 17.1. The third-order valence-electron chi connectivity index (χ3n) is 6.40. The number of benzene rings is 3. The SMILES string of the molecule is [2H]C([2H])(c1ccc2c(-c3nc4ccccc4n3-c3c(C(C)C)cccc3C(C)C)csc2c1)C(C)C. The molecule has 2 heterocycles. The number of thiophene rings is 1. The number of nitrogens with zero attached hydrogens (tertiary/aromatic N) is 2. The normalized spacial score (nSPS) is 13.4. The summed E-state index contributed by atoms with van der Waals surface area (Å²) in [5, 5.41) is 3.30. The first kappa shape index (κ1) is 20.5. The van der Waals surface area contributed by atoms with E-state index in [4.69, 9.17) is 7.73 Å². The Bertz CT molecular complexity index is 1530. The van der Waals surface area contributed by atoms with Crippen molar-refractivity contribution in [1.29, 1.82) is 0 Å². The van der Waals surface area contributed by atoms with Gasteiger partial charge in [-0.15, -0.1) is 11.3 Å². The van der Waals surface area contributed by atoms with E-state index >= 15 is 0 Å². The highest BCUT2D eigenvalue weighted by Crippen LogP contribution is 2.40. The van der Waals surface area contributed by atoms with Crippen LogP contribution in [-0.2, 0) is 6.37 Å². The van der Waals surface area contributed by atoms with Gasteiger partial charge in [0.2, 0.25) is 0 Å². The first-order valence-corrected chi connectivity index (χ1v) is 13.1. The third kappa shape index (κ3) is 3.96. The van der Waals surface area contributed by atoms with E-state index in [1.165, 1.54) is 16.8 Å². The standard InChI is InChI=1S/C31H34N2S/c1-19(2)16-22-14-15-25-26(18-34-29(25)17-22)31-32-27-12-7-8-13-28(27)33(31)30-23(20(3)4)10-9-11-24(30)21(5)6/h7-15,17-21H,16H2,1-6H3/i16D2. The molecule has 0 radical (unpaired) electrons. The Kier molecular flexibility index (Phi) is 5.44. The molecule has 5 aromatic rings. The van der Waals surface area contributed by atoms with Crippen LogP contribution in [0.1, 0.15) is 72.8 Å². The maximum Gasteiger partial charge on any atom is 0.147 e. The summed E-state index contributed by atoms with van der Waals surface area (Å²) in [5.41, 5.74) is 7.78. The maximum absolute atomic E-state index is 8.57. The predicted octanol–water partition coefficient (Wildman–Crippen LogP) is 9.35. The summed E-state index contributed by atoms with van der Waals surface area (Å²) in [4.78, 5) is 5.18. The first-order valence-electron chi connectivity index (χ1n) is 13.2. The van der Waals surface area contributed by atoms with Crippen LogP contribution in [-0.4, -0.2) is 9.55 Å². The molecule has 0 spiro atoms. The van der Waals surface area contributed by atoms with Crippen LogP contribution in [0.5, 0.6) is 0 Å². The monoisotopic (exact) mass is 468 g/mol. The lowest BCUT2D eigenvalue weighted by atomic mass is 9.92. The van der Waals surface area contributed by atoms with E-state index in [1.807, 2.05) is 32.0 Å². The lowest BCUT2D eigenvalue weighted by Gasteiger charge is -2.22. The Hall–Kier alpha value is -2.91. The second kappa shape index (κ2) is 9.03. The summed E-state index contributed by atoms with van der Waals surface area (Å²) in [7, 11) is 0. The highest BCUT2D eigenvalue weighted by Gasteiger charge is 2.23. The average molecular weight is 469 g/mol. The van der Waals surface area contributed by atoms with Gasteiger partial charge in [-0.3, -0.25) is 4.57 Å². The van der Waals surface area contributed by atoms with Crippen LogP contribution < -0.4 is 0 Å². The van der Waals surface area contributed by atoms with Crippen molar-refractivity contribution < 1.29 is 2.74 Å². The fourth-order valence-electron chi connectivity index (χ4n) is 4.83. The van der Waals surface area contributed by atoms with Crippen LogP contribution in [0.4, 0.5) is 0 Å². The molecule has 0 atom stereocenters. The molecule has 0 aliphatic carbocycles. The zero-order valence-electron chi connectivity index (χ0n) is 22.9. The van der Waals surface area contributed by atoms with Gasteiger partial charge in [-0.1, -0.05) is 84.0 Å². The molecule has 0 unspecified atom stereocenters. The number of hydrogen-bond acceptors (Lipinski definition) is 2. The maximum atomic E-state index is 8.57. The Morgan fingerprint density at radius 3 is 2.26 bits per heavy atom. The molecule has 0 saturated carbocycles. The van der Waals surface area contributed by atoms with E-state index in [1.54, 1.807) is 11.3 Å². The summed E-state index contributed by atoms with van der Waals surface area (Å²) in [5.74, 6) is 1.58. The van der Waals surface area contributed by atoms with Crippen molar-refractivity contribution in [3.8, 4) is 17.1 Å². The van der Waals surface area contributed by atoms with Crippen LogP contribution in [0, 0.1) is 5.92 Å². The molecule has 0 aliphatic rings. The minimum absolute atomic E-state index is 0.0967. The van der Waals surface area contributed by atoms with Gasteiger partial charge in [-0.2, -0.15) is 0 Å². The van der Waals surface area contributed by atoms with Crippen LogP contribution in [0.25, 0.3) is 38.2 Å².